The molecule has 6 heteroatoms. The molecule has 0 atom stereocenters. The van der Waals surface area contributed by atoms with Crippen LogP contribution in [0.5, 0.6) is 5.75 Å². The maximum atomic E-state index is 13.1. The number of nitrogens with one attached hydrogen (secondary N) is 1. The smallest absolute Gasteiger partial charge is 0.340 e. The van der Waals surface area contributed by atoms with Crippen LogP contribution in [0.3, 0.4) is 0 Å². The van der Waals surface area contributed by atoms with Crippen molar-refractivity contribution >= 4 is 32.8 Å². The van der Waals surface area contributed by atoms with E-state index < -0.39 is 0 Å². The van der Waals surface area contributed by atoms with Crippen LogP contribution in [-0.4, -0.2) is 37.3 Å². The summed E-state index contributed by atoms with van der Waals surface area (Å²) in [5, 5.41) is 0.862. The standard InChI is InChI=1S/C23H25BrN2O3/c1-3-29-23(27)22-17-13-21(28-2)18(24)14-19(17)26(16-9-5-4-6-10-16)20(22)15-25-11-7-8-12-25/h4-6,9-10,13-14H,3,7-8,11-12,15H2,1-2H3/p+1. The Morgan fingerprint density at radius 1 is 1.17 bits per heavy atom. The third-order valence-electron chi connectivity index (χ3n) is 5.56. The summed E-state index contributed by atoms with van der Waals surface area (Å²) in [6.45, 7) is 5.24. The van der Waals surface area contributed by atoms with E-state index in [-0.39, 0.29) is 5.97 Å². The SMILES string of the molecule is CCOC(=O)c1c(C[NH+]2CCCC2)n(-c2ccccc2)c2cc(Br)c(OC)cc12. The Bertz CT molecular complexity index is 1020. The first-order valence-electron chi connectivity index (χ1n) is 10.1. The van der Waals surface area contributed by atoms with Gasteiger partial charge in [-0.1, -0.05) is 18.2 Å². The van der Waals surface area contributed by atoms with E-state index in [1.807, 2.05) is 37.3 Å². The molecule has 1 aliphatic heterocycles. The number of quaternary nitrogens is 1. The van der Waals surface area contributed by atoms with Crippen molar-refractivity contribution in [2.45, 2.75) is 26.3 Å². The second kappa shape index (κ2) is 8.59. The van der Waals surface area contributed by atoms with Crippen molar-refractivity contribution in [1.29, 1.82) is 0 Å². The highest BCUT2D eigenvalue weighted by molar-refractivity contribution is 9.10. The second-order valence-corrected chi connectivity index (χ2v) is 8.21. The minimum Gasteiger partial charge on any atom is -0.496 e. The monoisotopic (exact) mass is 457 g/mol. The fourth-order valence-corrected chi connectivity index (χ4v) is 4.75. The molecule has 29 heavy (non-hydrogen) atoms. The minimum atomic E-state index is -0.273. The molecule has 0 aliphatic carbocycles. The highest BCUT2D eigenvalue weighted by atomic mass is 79.9. The van der Waals surface area contributed by atoms with Crippen LogP contribution in [0.1, 0.15) is 35.8 Å². The maximum absolute atomic E-state index is 13.1. The molecule has 0 amide bonds. The van der Waals surface area contributed by atoms with Crippen molar-refractivity contribution in [2.75, 3.05) is 26.8 Å². The molecule has 1 aromatic heterocycles. The molecule has 0 bridgehead atoms. The zero-order valence-corrected chi connectivity index (χ0v) is 18.4. The first-order valence-corrected chi connectivity index (χ1v) is 10.9. The lowest BCUT2D eigenvalue weighted by molar-refractivity contribution is -0.901. The number of hydrogen-bond acceptors (Lipinski definition) is 3. The van der Waals surface area contributed by atoms with E-state index in [0.29, 0.717) is 17.9 Å². The molecular formula is C23H26BrN2O3+. The van der Waals surface area contributed by atoms with Gasteiger partial charge in [0.25, 0.3) is 0 Å². The summed E-state index contributed by atoms with van der Waals surface area (Å²) >= 11 is 3.61. The van der Waals surface area contributed by atoms with Crippen molar-refractivity contribution in [2.24, 2.45) is 0 Å². The average molecular weight is 458 g/mol. The Labute approximate surface area is 179 Å². The quantitative estimate of drug-likeness (QED) is 0.573. The lowest BCUT2D eigenvalue weighted by atomic mass is 10.1. The minimum absolute atomic E-state index is 0.273. The number of fused-ring (bicyclic) bond motifs is 1. The third-order valence-corrected chi connectivity index (χ3v) is 6.18. The largest absolute Gasteiger partial charge is 0.496 e. The Balaban J connectivity index is 2.02. The highest BCUT2D eigenvalue weighted by Gasteiger charge is 2.29. The zero-order chi connectivity index (χ0) is 20.4. The van der Waals surface area contributed by atoms with Gasteiger partial charge in [-0.2, -0.15) is 0 Å². The average Bonchev–Trinajstić information content (AvgIpc) is 3.34. The molecule has 152 valence electrons. The van der Waals surface area contributed by atoms with Gasteiger partial charge in [-0.05, 0) is 47.1 Å². The van der Waals surface area contributed by atoms with Crippen molar-refractivity contribution in [1.82, 2.24) is 4.57 Å². The fraction of sp³-hybridized carbons (Fsp3) is 0.348. The number of carbonyl (C=O) groups excluding carboxylic acids is 1. The van der Waals surface area contributed by atoms with Crippen molar-refractivity contribution in [3.63, 3.8) is 0 Å². The Hall–Kier alpha value is -2.31. The van der Waals surface area contributed by atoms with E-state index in [0.717, 1.165) is 46.4 Å². The summed E-state index contributed by atoms with van der Waals surface area (Å²) in [5.41, 5.74) is 3.66. The van der Waals surface area contributed by atoms with Crippen LogP contribution in [0.25, 0.3) is 16.6 Å². The molecule has 0 spiro atoms. The molecule has 1 aliphatic rings. The number of esters is 1. The number of benzene rings is 2. The number of aromatic nitrogens is 1. The zero-order valence-electron chi connectivity index (χ0n) is 16.8. The summed E-state index contributed by atoms with van der Waals surface area (Å²) in [5.74, 6) is 0.429. The van der Waals surface area contributed by atoms with Crippen LogP contribution in [0.15, 0.2) is 46.9 Å². The van der Waals surface area contributed by atoms with Gasteiger partial charge < -0.3 is 18.9 Å². The van der Waals surface area contributed by atoms with Gasteiger partial charge in [0.2, 0.25) is 0 Å². The van der Waals surface area contributed by atoms with E-state index in [9.17, 15) is 4.79 Å². The summed E-state index contributed by atoms with van der Waals surface area (Å²) < 4.78 is 14.1. The Morgan fingerprint density at radius 3 is 2.55 bits per heavy atom. The molecule has 2 aromatic carbocycles. The number of rotatable bonds is 6. The summed E-state index contributed by atoms with van der Waals surface area (Å²) in [6, 6.07) is 14.2. The summed E-state index contributed by atoms with van der Waals surface area (Å²) in [4.78, 5) is 14.6. The molecule has 0 radical (unpaired) electrons. The number of methoxy groups -OCH3 is 1. The second-order valence-electron chi connectivity index (χ2n) is 7.35. The normalized spacial score (nSPS) is 14.4. The summed E-state index contributed by atoms with van der Waals surface area (Å²) in [7, 11) is 1.64. The van der Waals surface area contributed by atoms with Crippen molar-refractivity contribution in [3.05, 3.63) is 58.2 Å². The van der Waals surface area contributed by atoms with Crippen LogP contribution in [0.2, 0.25) is 0 Å². The van der Waals surface area contributed by atoms with E-state index in [1.54, 1.807) is 7.11 Å². The number of halogens is 1. The maximum Gasteiger partial charge on any atom is 0.340 e. The van der Waals surface area contributed by atoms with Crippen LogP contribution >= 0.6 is 15.9 Å². The third kappa shape index (κ3) is 3.79. The number of carbonyl (C=O) groups is 1. The molecular weight excluding hydrogens is 432 g/mol. The molecule has 1 saturated heterocycles. The van der Waals surface area contributed by atoms with Gasteiger partial charge >= 0.3 is 5.97 Å². The lowest BCUT2D eigenvalue weighted by Crippen LogP contribution is -3.08. The molecule has 0 saturated carbocycles. The number of hydrogen-bond donors (Lipinski definition) is 1. The molecule has 2 heterocycles. The first-order chi connectivity index (χ1) is 14.1. The van der Waals surface area contributed by atoms with Gasteiger partial charge in [0, 0.05) is 23.9 Å². The summed E-state index contributed by atoms with van der Waals surface area (Å²) in [6.07, 6.45) is 2.46. The van der Waals surface area contributed by atoms with Gasteiger partial charge in [0.05, 0.1) is 48.1 Å². The molecule has 4 rings (SSSR count). The first kappa shape index (κ1) is 20.0. The number of ether oxygens (including phenoxy) is 2. The topological polar surface area (TPSA) is 44.9 Å². The van der Waals surface area contributed by atoms with Gasteiger partial charge in [0.15, 0.2) is 0 Å². The molecule has 1 N–H and O–H groups in total. The van der Waals surface area contributed by atoms with Gasteiger partial charge in [-0.15, -0.1) is 0 Å². The number of likely N-dealkylation sites (tertiary alicyclic amines) is 1. The van der Waals surface area contributed by atoms with E-state index >= 15 is 0 Å². The van der Waals surface area contributed by atoms with Gasteiger partial charge in [-0.25, -0.2) is 4.79 Å². The van der Waals surface area contributed by atoms with E-state index in [4.69, 9.17) is 9.47 Å². The number of para-hydroxylation sites is 1. The molecule has 0 unspecified atom stereocenters. The van der Waals surface area contributed by atoms with Crippen LogP contribution in [0.4, 0.5) is 0 Å². The van der Waals surface area contributed by atoms with E-state index in [2.05, 4.69) is 32.6 Å². The van der Waals surface area contributed by atoms with Crippen LogP contribution < -0.4 is 9.64 Å². The molecule has 1 fully saturated rings. The Morgan fingerprint density at radius 2 is 1.90 bits per heavy atom. The molecule has 3 aromatic rings. The van der Waals surface area contributed by atoms with Gasteiger partial charge in [-0.3, -0.25) is 0 Å². The van der Waals surface area contributed by atoms with Gasteiger partial charge in [0.1, 0.15) is 12.3 Å². The Kier molecular flexibility index (Phi) is 5.92. The van der Waals surface area contributed by atoms with Crippen molar-refractivity contribution in [3.8, 4) is 11.4 Å². The number of nitrogens with zero attached hydrogens (tertiary/aromatic N) is 1. The van der Waals surface area contributed by atoms with Crippen molar-refractivity contribution < 1.29 is 19.2 Å². The highest BCUT2D eigenvalue weighted by Crippen LogP contribution is 2.37. The van der Waals surface area contributed by atoms with E-state index in [1.165, 1.54) is 17.7 Å². The predicted molar refractivity (Wildman–Crippen MR) is 117 cm³/mol. The van der Waals surface area contributed by atoms with Crippen LogP contribution in [-0.2, 0) is 11.3 Å². The predicted octanol–water partition coefficient (Wildman–Crippen LogP) is 3.76. The van der Waals surface area contributed by atoms with Crippen LogP contribution in [0, 0.1) is 0 Å². The lowest BCUT2D eigenvalue weighted by Gasteiger charge is -2.16. The fourth-order valence-electron chi connectivity index (χ4n) is 4.26. The molecule has 5 nitrogen and oxygen atoms in total.